The van der Waals surface area contributed by atoms with E-state index in [1.165, 1.54) is 11.3 Å². The van der Waals surface area contributed by atoms with Crippen molar-refractivity contribution in [1.29, 1.82) is 0 Å². The summed E-state index contributed by atoms with van der Waals surface area (Å²) in [6.07, 6.45) is 2.39. The topological polar surface area (TPSA) is 74.7 Å². The summed E-state index contributed by atoms with van der Waals surface area (Å²) in [6, 6.07) is 0.0138. The Labute approximate surface area is 147 Å². The number of aromatic nitrogens is 1. The minimum Gasteiger partial charge on any atom is -0.386 e. The van der Waals surface area contributed by atoms with E-state index < -0.39 is 5.60 Å². The van der Waals surface area contributed by atoms with Crippen molar-refractivity contribution >= 4 is 17.2 Å². The average molecular weight is 353 g/mol. The summed E-state index contributed by atoms with van der Waals surface area (Å²) in [4.78, 5) is 19.8. The van der Waals surface area contributed by atoms with Gasteiger partial charge in [-0.3, -0.25) is 4.79 Å². The SMILES string of the molecule is CN[C@H]1CC2(CCN(C(=O)c3sc(C)nc3C)CC2)OC[C@]1(C)O. The Kier molecular flexibility index (Phi) is 4.72. The largest absolute Gasteiger partial charge is 0.386 e. The lowest BCUT2D eigenvalue weighted by Gasteiger charge is -2.50. The number of likely N-dealkylation sites (N-methyl/N-ethyl adjacent to an activating group) is 1. The van der Waals surface area contributed by atoms with Crippen LogP contribution in [0.1, 0.15) is 46.6 Å². The second-order valence-corrected chi connectivity index (χ2v) is 8.52. The molecule has 2 atom stereocenters. The van der Waals surface area contributed by atoms with Gasteiger partial charge in [-0.15, -0.1) is 11.3 Å². The third-order valence-electron chi connectivity index (χ3n) is 5.41. The van der Waals surface area contributed by atoms with Gasteiger partial charge < -0.3 is 20.1 Å². The molecule has 3 rings (SSSR count). The summed E-state index contributed by atoms with van der Waals surface area (Å²) < 4.78 is 6.08. The highest BCUT2D eigenvalue weighted by atomic mass is 32.1. The standard InChI is InChI=1S/C17H27N3O3S/c1-11-14(24-12(2)19-11)15(21)20-7-5-17(6-8-20)9-13(18-4)16(3,22)10-23-17/h13,18,22H,5-10H2,1-4H3/t13-,16-/m0/s1. The van der Waals surface area contributed by atoms with Gasteiger partial charge in [-0.25, -0.2) is 4.98 Å². The molecule has 24 heavy (non-hydrogen) atoms. The molecule has 1 amide bonds. The van der Waals surface area contributed by atoms with Crippen LogP contribution in [0, 0.1) is 13.8 Å². The van der Waals surface area contributed by atoms with Crippen LogP contribution in [0.25, 0.3) is 0 Å². The van der Waals surface area contributed by atoms with E-state index in [0.717, 1.165) is 34.8 Å². The number of hydrogen-bond acceptors (Lipinski definition) is 6. The Morgan fingerprint density at radius 1 is 1.42 bits per heavy atom. The molecule has 1 aromatic heterocycles. The van der Waals surface area contributed by atoms with E-state index in [1.807, 2.05) is 32.7 Å². The molecule has 0 aliphatic carbocycles. The summed E-state index contributed by atoms with van der Waals surface area (Å²) in [5.41, 5.74) is -0.252. The highest BCUT2D eigenvalue weighted by Gasteiger charge is 2.48. The van der Waals surface area contributed by atoms with Crippen molar-refractivity contribution in [1.82, 2.24) is 15.2 Å². The lowest BCUT2D eigenvalue weighted by atomic mass is 9.77. The lowest BCUT2D eigenvalue weighted by molar-refractivity contribution is -0.189. The van der Waals surface area contributed by atoms with E-state index in [1.54, 1.807) is 0 Å². The number of thiazole rings is 1. The Hall–Kier alpha value is -1.02. The molecule has 7 heteroatoms. The molecule has 2 aliphatic rings. The number of aryl methyl sites for hydroxylation is 2. The normalized spacial score (nSPS) is 29.9. The first-order valence-electron chi connectivity index (χ1n) is 8.53. The molecule has 2 aliphatic heterocycles. The first-order valence-corrected chi connectivity index (χ1v) is 9.35. The highest BCUT2D eigenvalue weighted by molar-refractivity contribution is 7.13. The van der Waals surface area contributed by atoms with E-state index in [-0.39, 0.29) is 17.6 Å². The van der Waals surface area contributed by atoms with Crippen molar-refractivity contribution < 1.29 is 14.6 Å². The molecule has 2 N–H and O–H groups in total. The van der Waals surface area contributed by atoms with Gasteiger partial charge in [0.2, 0.25) is 0 Å². The van der Waals surface area contributed by atoms with Gasteiger partial charge in [0.25, 0.3) is 5.91 Å². The van der Waals surface area contributed by atoms with Crippen LogP contribution in [0.5, 0.6) is 0 Å². The summed E-state index contributed by atoms with van der Waals surface area (Å²) in [5.74, 6) is 0.0842. The summed E-state index contributed by atoms with van der Waals surface area (Å²) in [6.45, 7) is 7.35. The monoisotopic (exact) mass is 353 g/mol. The first-order chi connectivity index (χ1) is 11.3. The maximum Gasteiger partial charge on any atom is 0.265 e. The van der Waals surface area contributed by atoms with Gasteiger partial charge in [0.15, 0.2) is 0 Å². The van der Waals surface area contributed by atoms with Crippen LogP contribution in [0.15, 0.2) is 0 Å². The zero-order valence-electron chi connectivity index (χ0n) is 14.9. The molecule has 0 aromatic carbocycles. The van der Waals surface area contributed by atoms with Gasteiger partial charge in [-0.2, -0.15) is 0 Å². The highest BCUT2D eigenvalue weighted by Crippen LogP contribution is 2.38. The summed E-state index contributed by atoms with van der Waals surface area (Å²) in [5, 5.41) is 14.6. The van der Waals surface area contributed by atoms with Crippen molar-refractivity contribution in [3.63, 3.8) is 0 Å². The Balaban J connectivity index is 1.66. The van der Waals surface area contributed by atoms with Gasteiger partial charge in [0.05, 0.1) is 22.9 Å². The molecule has 0 bridgehead atoms. The number of carbonyl (C=O) groups excluding carboxylic acids is 1. The summed E-state index contributed by atoms with van der Waals surface area (Å²) in [7, 11) is 1.88. The second kappa shape index (κ2) is 6.37. The van der Waals surface area contributed by atoms with Crippen LogP contribution < -0.4 is 5.32 Å². The molecule has 134 valence electrons. The fourth-order valence-electron chi connectivity index (χ4n) is 3.80. The maximum atomic E-state index is 12.7. The van der Waals surface area contributed by atoms with Crippen molar-refractivity contribution in [3.05, 3.63) is 15.6 Å². The predicted octanol–water partition coefficient (Wildman–Crippen LogP) is 1.49. The van der Waals surface area contributed by atoms with Crippen molar-refractivity contribution in [2.75, 3.05) is 26.7 Å². The Morgan fingerprint density at radius 2 is 2.08 bits per heavy atom. The third kappa shape index (κ3) is 3.22. The number of likely N-dealkylation sites (tertiary alicyclic amines) is 1. The number of piperidine rings is 1. The van der Waals surface area contributed by atoms with E-state index in [9.17, 15) is 9.90 Å². The van der Waals surface area contributed by atoms with Crippen LogP contribution in [0.3, 0.4) is 0 Å². The number of nitrogens with zero attached hydrogens (tertiary/aromatic N) is 2. The number of amides is 1. The van der Waals surface area contributed by atoms with E-state index in [0.29, 0.717) is 19.7 Å². The van der Waals surface area contributed by atoms with Crippen molar-refractivity contribution in [2.24, 2.45) is 0 Å². The molecule has 1 spiro atoms. The maximum absolute atomic E-state index is 12.7. The molecule has 2 fully saturated rings. The fourth-order valence-corrected chi connectivity index (χ4v) is 4.69. The molecule has 2 saturated heterocycles. The van der Waals surface area contributed by atoms with E-state index in [4.69, 9.17) is 4.74 Å². The van der Waals surface area contributed by atoms with Gasteiger partial charge in [0.1, 0.15) is 10.5 Å². The molecular weight excluding hydrogens is 326 g/mol. The molecule has 3 heterocycles. The van der Waals surface area contributed by atoms with Crippen molar-refractivity contribution in [2.45, 2.75) is 57.3 Å². The lowest BCUT2D eigenvalue weighted by Crippen LogP contribution is -2.62. The minimum absolute atomic E-state index is 0.0138. The molecule has 6 nitrogen and oxygen atoms in total. The van der Waals surface area contributed by atoms with Crippen LogP contribution in [-0.4, -0.2) is 64.9 Å². The zero-order chi connectivity index (χ0) is 17.5. The van der Waals surface area contributed by atoms with Gasteiger partial charge in [-0.05, 0) is 47.1 Å². The second-order valence-electron chi connectivity index (χ2n) is 7.31. The van der Waals surface area contributed by atoms with Crippen LogP contribution >= 0.6 is 11.3 Å². The number of rotatable bonds is 2. The number of hydrogen-bond donors (Lipinski definition) is 2. The zero-order valence-corrected chi connectivity index (χ0v) is 15.7. The van der Waals surface area contributed by atoms with Crippen LogP contribution in [-0.2, 0) is 4.74 Å². The fraction of sp³-hybridized carbons (Fsp3) is 0.765. The van der Waals surface area contributed by atoms with E-state index in [2.05, 4.69) is 10.3 Å². The third-order valence-corrected chi connectivity index (χ3v) is 6.47. The van der Waals surface area contributed by atoms with Gasteiger partial charge >= 0.3 is 0 Å². The number of nitrogens with one attached hydrogen (secondary N) is 1. The summed E-state index contributed by atoms with van der Waals surface area (Å²) >= 11 is 1.47. The molecule has 0 radical (unpaired) electrons. The molecular formula is C17H27N3O3S. The molecule has 0 saturated carbocycles. The quantitative estimate of drug-likeness (QED) is 0.843. The first kappa shape index (κ1) is 17.8. The van der Waals surface area contributed by atoms with Gasteiger partial charge in [0, 0.05) is 19.1 Å². The van der Waals surface area contributed by atoms with Crippen LogP contribution in [0.4, 0.5) is 0 Å². The number of carbonyl (C=O) groups is 1. The number of aliphatic hydroxyl groups is 1. The molecule has 0 unspecified atom stereocenters. The van der Waals surface area contributed by atoms with Crippen LogP contribution in [0.2, 0.25) is 0 Å². The Bertz CT molecular complexity index is 621. The van der Waals surface area contributed by atoms with Crippen molar-refractivity contribution in [3.8, 4) is 0 Å². The van der Waals surface area contributed by atoms with E-state index >= 15 is 0 Å². The van der Waals surface area contributed by atoms with Gasteiger partial charge in [-0.1, -0.05) is 0 Å². The minimum atomic E-state index is -0.843. The predicted molar refractivity (Wildman–Crippen MR) is 93.5 cm³/mol. The smallest absolute Gasteiger partial charge is 0.265 e. The molecule has 1 aromatic rings. The Morgan fingerprint density at radius 3 is 2.62 bits per heavy atom. The average Bonchev–Trinajstić information content (AvgIpc) is 2.88. The number of ether oxygens (including phenoxy) is 1.